The maximum absolute atomic E-state index is 12.5. The Kier molecular flexibility index (Phi) is 7.00. The molecule has 1 amide bonds. The number of pyridine rings is 1. The van der Waals surface area contributed by atoms with Gasteiger partial charge in [-0.3, -0.25) is 19.6 Å². The largest absolute Gasteiger partial charge is 0.395 e. The second kappa shape index (κ2) is 9.44. The number of piperidine rings is 2. The zero-order valence-electron chi connectivity index (χ0n) is 15.9. The van der Waals surface area contributed by atoms with Gasteiger partial charge in [-0.2, -0.15) is 0 Å². The molecule has 6 nitrogen and oxygen atoms in total. The Morgan fingerprint density at radius 1 is 1.23 bits per heavy atom. The Morgan fingerprint density at radius 2 is 1.96 bits per heavy atom. The quantitative estimate of drug-likeness (QED) is 0.826. The van der Waals surface area contributed by atoms with E-state index in [1.165, 1.54) is 18.4 Å². The van der Waals surface area contributed by atoms with E-state index in [9.17, 15) is 4.79 Å². The SMILES string of the molecule is CN(CCO)C(=O)[C@@H]1CCCN(C2CCN(Cc3ccncc3)CC2)C1. The van der Waals surface area contributed by atoms with Gasteiger partial charge in [-0.05, 0) is 63.0 Å². The number of likely N-dealkylation sites (N-methyl/N-ethyl adjacent to an activating group) is 1. The first kappa shape index (κ1) is 19.3. The van der Waals surface area contributed by atoms with Crippen molar-refractivity contribution in [2.75, 3.05) is 46.4 Å². The molecule has 0 spiro atoms. The highest BCUT2D eigenvalue weighted by molar-refractivity contribution is 5.78. The average molecular weight is 361 g/mol. The third-order valence-corrected chi connectivity index (χ3v) is 5.84. The summed E-state index contributed by atoms with van der Waals surface area (Å²) in [6.07, 6.45) is 8.16. The van der Waals surface area contributed by atoms with Gasteiger partial charge in [0.25, 0.3) is 0 Å². The minimum Gasteiger partial charge on any atom is -0.395 e. The van der Waals surface area contributed by atoms with Gasteiger partial charge in [0.2, 0.25) is 5.91 Å². The highest BCUT2D eigenvalue weighted by Crippen LogP contribution is 2.25. The minimum atomic E-state index is 0.0363. The van der Waals surface area contributed by atoms with Crippen molar-refractivity contribution in [3.05, 3.63) is 30.1 Å². The lowest BCUT2D eigenvalue weighted by atomic mass is 9.93. The van der Waals surface area contributed by atoms with Gasteiger partial charge in [0, 0.05) is 45.1 Å². The average Bonchev–Trinajstić information content (AvgIpc) is 2.69. The lowest BCUT2D eigenvalue weighted by molar-refractivity contribution is -0.137. The van der Waals surface area contributed by atoms with Crippen LogP contribution in [0, 0.1) is 5.92 Å². The van der Waals surface area contributed by atoms with E-state index in [0.29, 0.717) is 12.6 Å². The van der Waals surface area contributed by atoms with Crippen LogP contribution in [0.4, 0.5) is 0 Å². The Hall–Kier alpha value is -1.50. The van der Waals surface area contributed by atoms with Crippen LogP contribution in [0.1, 0.15) is 31.2 Å². The topological polar surface area (TPSA) is 59.9 Å². The number of likely N-dealkylation sites (tertiary alicyclic amines) is 2. The highest BCUT2D eigenvalue weighted by atomic mass is 16.3. The van der Waals surface area contributed by atoms with E-state index in [2.05, 4.69) is 26.9 Å². The molecule has 2 fully saturated rings. The molecule has 6 heteroatoms. The summed E-state index contributed by atoms with van der Waals surface area (Å²) >= 11 is 0. The second-order valence-corrected chi connectivity index (χ2v) is 7.68. The summed E-state index contributed by atoms with van der Waals surface area (Å²) in [6, 6.07) is 4.79. The Morgan fingerprint density at radius 3 is 2.65 bits per heavy atom. The van der Waals surface area contributed by atoms with Gasteiger partial charge >= 0.3 is 0 Å². The number of carbonyl (C=O) groups excluding carboxylic acids is 1. The molecule has 2 saturated heterocycles. The third kappa shape index (κ3) is 5.02. The van der Waals surface area contributed by atoms with E-state index in [-0.39, 0.29) is 18.4 Å². The van der Waals surface area contributed by atoms with Crippen LogP contribution in [0.25, 0.3) is 0 Å². The number of amides is 1. The number of aliphatic hydroxyl groups is 1. The summed E-state index contributed by atoms with van der Waals surface area (Å²) in [5.41, 5.74) is 1.33. The molecule has 2 aliphatic rings. The summed E-state index contributed by atoms with van der Waals surface area (Å²) in [6.45, 7) is 5.70. The molecule has 1 N–H and O–H groups in total. The van der Waals surface area contributed by atoms with Crippen LogP contribution in [-0.4, -0.2) is 83.1 Å². The molecule has 144 valence electrons. The summed E-state index contributed by atoms with van der Waals surface area (Å²) < 4.78 is 0. The van der Waals surface area contributed by atoms with Crippen LogP contribution in [-0.2, 0) is 11.3 Å². The van der Waals surface area contributed by atoms with Crippen molar-refractivity contribution in [1.29, 1.82) is 0 Å². The third-order valence-electron chi connectivity index (χ3n) is 5.84. The molecule has 1 aromatic heterocycles. The molecule has 0 saturated carbocycles. The van der Waals surface area contributed by atoms with E-state index in [4.69, 9.17) is 5.11 Å². The number of carbonyl (C=O) groups is 1. The van der Waals surface area contributed by atoms with Gasteiger partial charge in [-0.1, -0.05) is 0 Å². The lowest BCUT2D eigenvalue weighted by Crippen LogP contribution is -2.51. The van der Waals surface area contributed by atoms with Gasteiger partial charge in [0.15, 0.2) is 0 Å². The van der Waals surface area contributed by atoms with Gasteiger partial charge < -0.3 is 10.0 Å². The number of hydrogen-bond acceptors (Lipinski definition) is 5. The van der Waals surface area contributed by atoms with Crippen molar-refractivity contribution >= 4 is 5.91 Å². The number of aliphatic hydroxyl groups excluding tert-OH is 1. The van der Waals surface area contributed by atoms with Crippen LogP contribution in [0.3, 0.4) is 0 Å². The minimum absolute atomic E-state index is 0.0363. The first-order chi connectivity index (χ1) is 12.7. The van der Waals surface area contributed by atoms with Crippen LogP contribution in [0.2, 0.25) is 0 Å². The fourth-order valence-corrected chi connectivity index (χ4v) is 4.30. The first-order valence-corrected chi connectivity index (χ1v) is 9.88. The number of aromatic nitrogens is 1. The van der Waals surface area contributed by atoms with Gasteiger partial charge in [-0.25, -0.2) is 0 Å². The van der Waals surface area contributed by atoms with Crippen LogP contribution in [0.15, 0.2) is 24.5 Å². The zero-order chi connectivity index (χ0) is 18.4. The predicted molar refractivity (Wildman–Crippen MR) is 102 cm³/mol. The highest BCUT2D eigenvalue weighted by Gasteiger charge is 2.32. The standard InChI is InChI=1S/C20H32N4O2/c1-22(13-14-25)20(26)18-3-2-10-24(16-18)19-6-11-23(12-7-19)15-17-4-8-21-9-5-17/h4-5,8-9,18-19,25H,2-3,6-7,10-16H2,1H3/t18-/m1/s1. The van der Waals surface area contributed by atoms with Crippen molar-refractivity contribution in [2.24, 2.45) is 5.92 Å². The van der Waals surface area contributed by atoms with Crippen molar-refractivity contribution < 1.29 is 9.90 Å². The molecule has 0 radical (unpaired) electrons. The molecule has 26 heavy (non-hydrogen) atoms. The Balaban J connectivity index is 1.47. The summed E-state index contributed by atoms with van der Waals surface area (Å²) in [7, 11) is 1.80. The van der Waals surface area contributed by atoms with Crippen LogP contribution in [0.5, 0.6) is 0 Å². The summed E-state index contributed by atoms with van der Waals surface area (Å²) in [5.74, 6) is 0.286. The molecule has 0 aliphatic carbocycles. The van der Waals surface area contributed by atoms with Crippen molar-refractivity contribution in [2.45, 2.75) is 38.3 Å². The van der Waals surface area contributed by atoms with Crippen LogP contribution >= 0.6 is 0 Å². The molecule has 0 bridgehead atoms. The van der Waals surface area contributed by atoms with Gasteiger partial charge in [0.05, 0.1) is 12.5 Å². The molecular weight excluding hydrogens is 328 g/mol. The van der Waals surface area contributed by atoms with Gasteiger partial charge in [0.1, 0.15) is 0 Å². The number of nitrogens with zero attached hydrogens (tertiary/aromatic N) is 4. The summed E-state index contributed by atoms with van der Waals surface area (Å²) in [4.78, 5) is 23.4. The zero-order valence-corrected chi connectivity index (χ0v) is 15.9. The van der Waals surface area contributed by atoms with E-state index in [1.807, 2.05) is 12.4 Å². The lowest BCUT2D eigenvalue weighted by Gasteiger charge is -2.42. The fraction of sp³-hybridized carbons (Fsp3) is 0.700. The molecule has 3 heterocycles. The van der Waals surface area contributed by atoms with Crippen LogP contribution < -0.4 is 0 Å². The molecular formula is C20H32N4O2. The molecule has 3 rings (SSSR count). The predicted octanol–water partition coefficient (Wildman–Crippen LogP) is 1.21. The van der Waals surface area contributed by atoms with Crippen molar-refractivity contribution in [1.82, 2.24) is 19.7 Å². The smallest absolute Gasteiger partial charge is 0.226 e. The molecule has 2 aliphatic heterocycles. The molecule has 0 unspecified atom stereocenters. The fourth-order valence-electron chi connectivity index (χ4n) is 4.30. The van der Waals surface area contributed by atoms with Crippen molar-refractivity contribution in [3.8, 4) is 0 Å². The maximum Gasteiger partial charge on any atom is 0.226 e. The molecule has 1 aromatic rings. The first-order valence-electron chi connectivity index (χ1n) is 9.88. The second-order valence-electron chi connectivity index (χ2n) is 7.68. The van der Waals surface area contributed by atoms with E-state index in [1.54, 1.807) is 11.9 Å². The molecule has 0 aromatic carbocycles. The van der Waals surface area contributed by atoms with E-state index >= 15 is 0 Å². The molecule has 1 atom stereocenters. The van der Waals surface area contributed by atoms with Crippen molar-refractivity contribution in [3.63, 3.8) is 0 Å². The Bertz CT molecular complexity index is 560. The number of hydrogen-bond donors (Lipinski definition) is 1. The number of rotatable bonds is 6. The van der Waals surface area contributed by atoms with E-state index < -0.39 is 0 Å². The normalized spacial score (nSPS) is 23.1. The van der Waals surface area contributed by atoms with Gasteiger partial charge in [-0.15, -0.1) is 0 Å². The summed E-state index contributed by atoms with van der Waals surface area (Å²) in [5, 5.41) is 9.06. The monoisotopic (exact) mass is 360 g/mol. The Labute approximate surface area is 156 Å². The van der Waals surface area contributed by atoms with E-state index in [0.717, 1.165) is 45.6 Å². The maximum atomic E-state index is 12.5.